The molecular formula is C16H21FO4. The topological polar surface area (TPSA) is 55.8 Å². The van der Waals surface area contributed by atoms with Gasteiger partial charge in [-0.15, -0.1) is 0 Å². The molecule has 0 fully saturated rings. The zero-order valence-electron chi connectivity index (χ0n) is 12.8. The van der Waals surface area contributed by atoms with Gasteiger partial charge in [-0.1, -0.05) is 20.8 Å². The van der Waals surface area contributed by atoms with Crippen LogP contribution in [0, 0.1) is 11.2 Å². The number of benzene rings is 1. The number of fused-ring (bicyclic) bond motifs is 1. The maximum atomic E-state index is 14.5. The number of methoxy groups -OCH3 is 1. The molecule has 0 saturated carbocycles. The van der Waals surface area contributed by atoms with Crippen molar-refractivity contribution < 1.29 is 23.8 Å². The number of rotatable bonds is 4. The normalized spacial score (nSPS) is 15.7. The summed E-state index contributed by atoms with van der Waals surface area (Å²) in [5.41, 5.74) is 0.831. The molecule has 1 N–H and O–H groups in total. The zero-order chi connectivity index (χ0) is 15.8. The second-order valence-corrected chi connectivity index (χ2v) is 6.40. The summed E-state index contributed by atoms with van der Waals surface area (Å²) in [4.78, 5) is 11.4. The van der Waals surface area contributed by atoms with Gasteiger partial charge in [-0.3, -0.25) is 0 Å². The molecule has 0 radical (unpaired) electrons. The van der Waals surface area contributed by atoms with Gasteiger partial charge in [0.1, 0.15) is 0 Å². The molecule has 1 aromatic carbocycles. The molecule has 1 aliphatic carbocycles. The standard InChI is InChI=1S/C16H21FO4/c1-16(2,3)15(20-4)21-12-8-11(14(18)19)9-6-5-7-10(9)13(12)17/h8,15H,5-7H2,1-4H3,(H,18,19). The maximum absolute atomic E-state index is 14.5. The minimum atomic E-state index is -1.05. The van der Waals surface area contributed by atoms with E-state index in [1.54, 1.807) is 0 Å². The molecule has 0 bridgehead atoms. The minimum absolute atomic E-state index is 0.0465. The second-order valence-electron chi connectivity index (χ2n) is 6.40. The highest BCUT2D eigenvalue weighted by Gasteiger charge is 2.30. The van der Waals surface area contributed by atoms with Crippen molar-refractivity contribution in [3.8, 4) is 5.75 Å². The summed E-state index contributed by atoms with van der Waals surface area (Å²) in [6.45, 7) is 5.72. The Hall–Kier alpha value is -1.62. The first-order valence-electron chi connectivity index (χ1n) is 7.02. The third kappa shape index (κ3) is 3.02. The van der Waals surface area contributed by atoms with Gasteiger partial charge in [-0.25, -0.2) is 9.18 Å². The highest BCUT2D eigenvalue weighted by molar-refractivity contribution is 5.90. The summed E-state index contributed by atoms with van der Waals surface area (Å²) in [6.07, 6.45) is 1.25. The van der Waals surface area contributed by atoms with Crippen molar-refractivity contribution in [3.05, 3.63) is 28.6 Å². The fraction of sp³-hybridized carbons (Fsp3) is 0.562. The Morgan fingerprint density at radius 1 is 1.33 bits per heavy atom. The van der Waals surface area contributed by atoms with Crippen molar-refractivity contribution >= 4 is 5.97 Å². The molecule has 1 aromatic rings. The van der Waals surface area contributed by atoms with Crippen LogP contribution in [0.2, 0.25) is 0 Å². The fourth-order valence-electron chi connectivity index (χ4n) is 2.68. The van der Waals surface area contributed by atoms with E-state index in [2.05, 4.69) is 0 Å². The van der Waals surface area contributed by atoms with Crippen LogP contribution in [-0.4, -0.2) is 24.5 Å². The van der Waals surface area contributed by atoms with Crippen LogP contribution in [-0.2, 0) is 17.6 Å². The van der Waals surface area contributed by atoms with E-state index in [1.807, 2.05) is 20.8 Å². The van der Waals surface area contributed by atoms with Crippen LogP contribution >= 0.6 is 0 Å². The van der Waals surface area contributed by atoms with Crippen LogP contribution < -0.4 is 4.74 Å². The molecule has 1 unspecified atom stereocenters. The van der Waals surface area contributed by atoms with Crippen LogP contribution in [0.4, 0.5) is 4.39 Å². The van der Waals surface area contributed by atoms with E-state index in [-0.39, 0.29) is 16.7 Å². The third-order valence-corrected chi connectivity index (χ3v) is 3.69. The number of hydrogen-bond donors (Lipinski definition) is 1. The molecular weight excluding hydrogens is 275 g/mol. The largest absolute Gasteiger partial charge is 0.478 e. The van der Waals surface area contributed by atoms with E-state index in [0.717, 1.165) is 6.42 Å². The first-order chi connectivity index (χ1) is 9.75. The van der Waals surface area contributed by atoms with Crippen LogP contribution in [0.5, 0.6) is 5.75 Å². The Morgan fingerprint density at radius 3 is 2.48 bits per heavy atom. The molecule has 5 heteroatoms. The summed E-state index contributed by atoms with van der Waals surface area (Å²) in [5.74, 6) is -1.56. The second kappa shape index (κ2) is 5.64. The van der Waals surface area contributed by atoms with Gasteiger partial charge in [0.2, 0.25) is 6.29 Å². The number of carboxylic acids is 1. The third-order valence-electron chi connectivity index (χ3n) is 3.69. The van der Waals surface area contributed by atoms with Crippen molar-refractivity contribution in [2.45, 2.75) is 46.3 Å². The van der Waals surface area contributed by atoms with Crippen molar-refractivity contribution in [1.82, 2.24) is 0 Å². The molecule has 0 heterocycles. The van der Waals surface area contributed by atoms with Crippen LogP contribution in [0.3, 0.4) is 0 Å². The average Bonchev–Trinajstić information content (AvgIpc) is 2.85. The van der Waals surface area contributed by atoms with E-state index >= 15 is 0 Å². The predicted molar refractivity (Wildman–Crippen MR) is 76.3 cm³/mol. The van der Waals surface area contributed by atoms with Gasteiger partial charge in [0, 0.05) is 12.5 Å². The first-order valence-corrected chi connectivity index (χ1v) is 7.02. The lowest BCUT2D eigenvalue weighted by molar-refractivity contribution is -0.122. The van der Waals surface area contributed by atoms with Crippen LogP contribution in [0.25, 0.3) is 0 Å². The Morgan fingerprint density at radius 2 is 1.95 bits per heavy atom. The van der Waals surface area contributed by atoms with E-state index in [9.17, 15) is 14.3 Å². The molecule has 116 valence electrons. The molecule has 1 atom stereocenters. The lowest BCUT2D eigenvalue weighted by Crippen LogP contribution is -2.34. The number of carbonyl (C=O) groups is 1. The quantitative estimate of drug-likeness (QED) is 0.865. The zero-order valence-corrected chi connectivity index (χ0v) is 12.8. The molecule has 4 nitrogen and oxygen atoms in total. The summed E-state index contributed by atoms with van der Waals surface area (Å²) in [7, 11) is 1.49. The predicted octanol–water partition coefficient (Wildman–Crippen LogP) is 3.41. The van der Waals surface area contributed by atoms with Gasteiger partial charge >= 0.3 is 5.97 Å². The van der Waals surface area contributed by atoms with E-state index in [4.69, 9.17) is 9.47 Å². The molecule has 0 aliphatic heterocycles. The monoisotopic (exact) mass is 296 g/mol. The van der Waals surface area contributed by atoms with E-state index in [1.165, 1.54) is 13.2 Å². The summed E-state index contributed by atoms with van der Waals surface area (Å²) in [6, 6.07) is 1.28. The van der Waals surface area contributed by atoms with Gasteiger partial charge < -0.3 is 14.6 Å². The number of ether oxygens (including phenoxy) is 2. The Labute approximate surface area is 123 Å². The maximum Gasteiger partial charge on any atom is 0.336 e. The minimum Gasteiger partial charge on any atom is -0.478 e. The highest BCUT2D eigenvalue weighted by Crippen LogP contribution is 2.36. The molecule has 0 aromatic heterocycles. The van der Waals surface area contributed by atoms with E-state index in [0.29, 0.717) is 24.0 Å². The molecule has 21 heavy (non-hydrogen) atoms. The summed E-state index contributed by atoms with van der Waals surface area (Å²) in [5, 5.41) is 9.31. The molecule has 2 rings (SSSR count). The van der Waals surface area contributed by atoms with Crippen molar-refractivity contribution in [3.63, 3.8) is 0 Å². The van der Waals surface area contributed by atoms with Gasteiger partial charge in [-0.05, 0) is 36.5 Å². The lowest BCUT2D eigenvalue weighted by Gasteiger charge is -2.30. The Bertz CT molecular complexity index is 560. The number of halogens is 1. The first kappa shape index (κ1) is 15.8. The van der Waals surface area contributed by atoms with Gasteiger partial charge in [-0.2, -0.15) is 0 Å². The number of hydrogen-bond acceptors (Lipinski definition) is 3. The Balaban J connectivity index is 2.45. The van der Waals surface area contributed by atoms with Crippen molar-refractivity contribution in [1.29, 1.82) is 0 Å². The average molecular weight is 296 g/mol. The SMILES string of the molecule is COC(Oc1cc(C(=O)O)c2c(c1F)CCC2)C(C)(C)C. The molecule has 1 aliphatic rings. The summed E-state index contributed by atoms with van der Waals surface area (Å²) < 4.78 is 25.4. The fourth-order valence-corrected chi connectivity index (χ4v) is 2.68. The smallest absolute Gasteiger partial charge is 0.336 e. The molecule has 0 amide bonds. The summed E-state index contributed by atoms with van der Waals surface area (Å²) >= 11 is 0. The number of carboxylic acid groups (broad SMARTS) is 1. The van der Waals surface area contributed by atoms with Gasteiger partial charge in [0.15, 0.2) is 11.6 Å². The number of aromatic carboxylic acids is 1. The van der Waals surface area contributed by atoms with Crippen molar-refractivity contribution in [2.24, 2.45) is 5.41 Å². The van der Waals surface area contributed by atoms with Crippen molar-refractivity contribution in [2.75, 3.05) is 7.11 Å². The highest BCUT2D eigenvalue weighted by atomic mass is 19.1. The van der Waals surface area contributed by atoms with Gasteiger partial charge in [0.25, 0.3) is 0 Å². The van der Waals surface area contributed by atoms with Gasteiger partial charge in [0.05, 0.1) is 5.56 Å². The molecule has 0 saturated heterocycles. The van der Waals surface area contributed by atoms with Crippen LogP contribution in [0.15, 0.2) is 6.07 Å². The lowest BCUT2D eigenvalue weighted by atomic mass is 9.95. The van der Waals surface area contributed by atoms with Crippen LogP contribution in [0.1, 0.15) is 48.7 Å². The molecule has 0 spiro atoms. The van der Waals surface area contributed by atoms with E-state index < -0.39 is 18.1 Å². The Kier molecular flexibility index (Phi) is 4.23.